The van der Waals surface area contributed by atoms with Crippen LogP contribution in [0, 0.1) is 0 Å². The van der Waals surface area contributed by atoms with Crippen molar-refractivity contribution in [2.24, 2.45) is 0 Å². The number of aryl methyl sites for hydroxylation is 2. The monoisotopic (exact) mass is 244 g/mol. The molecule has 1 fully saturated rings. The molecule has 3 heteroatoms. The van der Waals surface area contributed by atoms with Crippen molar-refractivity contribution in [3.63, 3.8) is 0 Å². The number of para-hydroxylation sites is 2. The molecule has 0 saturated carbocycles. The Bertz CT molecular complexity index is 526. The molecule has 1 unspecified atom stereocenters. The van der Waals surface area contributed by atoms with Crippen LogP contribution in [0.25, 0.3) is 11.0 Å². The normalized spacial score (nSPS) is 19.7. The van der Waals surface area contributed by atoms with Crippen LogP contribution in [0.4, 0.5) is 0 Å². The first-order valence-corrected chi connectivity index (χ1v) is 6.94. The molecule has 1 aliphatic rings. The highest BCUT2D eigenvalue weighted by molar-refractivity contribution is 5.75. The zero-order valence-electron chi connectivity index (χ0n) is 10.9. The van der Waals surface area contributed by atoms with E-state index in [9.17, 15) is 0 Å². The van der Waals surface area contributed by atoms with Crippen molar-refractivity contribution < 1.29 is 4.74 Å². The Morgan fingerprint density at radius 1 is 1.39 bits per heavy atom. The fourth-order valence-corrected chi connectivity index (χ4v) is 2.79. The number of benzene rings is 1. The van der Waals surface area contributed by atoms with E-state index in [1.807, 2.05) is 0 Å². The SMILES string of the molecule is CCc1nc2ccccc2n1CCC1CCCO1. The summed E-state index contributed by atoms with van der Waals surface area (Å²) in [7, 11) is 0. The molecule has 1 aromatic heterocycles. The molecule has 96 valence electrons. The standard InChI is InChI=1S/C15H20N2O/c1-2-15-16-13-7-3-4-8-14(13)17(15)10-9-12-6-5-11-18-12/h3-4,7-8,12H,2,5-6,9-11H2,1H3. The van der Waals surface area contributed by atoms with Crippen LogP contribution in [0.15, 0.2) is 24.3 Å². The van der Waals surface area contributed by atoms with Gasteiger partial charge in [-0.2, -0.15) is 0 Å². The first kappa shape index (κ1) is 11.7. The van der Waals surface area contributed by atoms with Crippen LogP contribution in [0.1, 0.15) is 32.0 Å². The van der Waals surface area contributed by atoms with E-state index in [-0.39, 0.29) is 0 Å². The predicted molar refractivity (Wildman–Crippen MR) is 72.7 cm³/mol. The highest BCUT2D eigenvalue weighted by atomic mass is 16.5. The molecule has 0 amide bonds. The quantitative estimate of drug-likeness (QED) is 0.826. The Balaban J connectivity index is 1.84. The molecule has 1 atom stereocenters. The molecule has 1 saturated heterocycles. The van der Waals surface area contributed by atoms with Gasteiger partial charge in [0.05, 0.1) is 17.1 Å². The summed E-state index contributed by atoms with van der Waals surface area (Å²) < 4.78 is 8.06. The lowest BCUT2D eigenvalue weighted by atomic mass is 10.2. The maximum Gasteiger partial charge on any atom is 0.109 e. The lowest BCUT2D eigenvalue weighted by molar-refractivity contribution is 0.100. The van der Waals surface area contributed by atoms with Gasteiger partial charge in [0.2, 0.25) is 0 Å². The van der Waals surface area contributed by atoms with Gasteiger partial charge >= 0.3 is 0 Å². The van der Waals surface area contributed by atoms with Gasteiger partial charge in [-0.15, -0.1) is 0 Å². The zero-order valence-corrected chi connectivity index (χ0v) is 10.9. The average Bonchev–Trinajstić information content (AvgIpc) is 3.03. The minimum Gasteiger partial charge on any atom is -0.378 e. The van der Waals surface area contributed by atoms with E-state index in [0.29, 0.717) is 6.10 Å². The van der Waals surface area contributed by atoms with Crippen molar-refractivity contribution in [2.75, 3.05) is 6.61 Å². The van der Waals surface area contributed by atoms with Crippen molar-refractivity contribution in [2.45, 2.75) is 45.3 Å². The highest BCUT2D eigenvalue weighted by Crippen LogP contribution is 2.20. The molecule has 1 aromatic carbocycles. The first-order chi connectivity index (χ1) is 8.88. The van der Waals surface area contributed by atoms with Crippen LogP contribution >= 0.6 is 0 Å². The minimum absolute atomic E-state index is 0.455. The Hall–Kier alpha value is -1.35. The average molecular weight is 244 g/mol. The van der Waals surface area contributed by atoms with Crippen molar-refractivity contribution >= 4 is 11.0 Å². The molecule has 3 nitrogen and oxygen atoms in total. The van der Waals surface area contributed by atoms with Gasteiger partial charge in [-0.05, 0) is 31.4 Å². The summed E-state index contributed by atoms with van der Waals surface area (Å²) in [6.45, 7) is 4.13. The van der Waals surface area contributed by atoms with Gasteiger partial charge in [0.15, 0.2) is 0 Å². The van der Waals surface area contributed by atoms with Crippen molar-refractivity contribution in [1.29, 1.82) is 0 Å². The topological polar surface area (TPSA) is 27.1 Å². The van der Waals surface area contributed by atoms with E-state index >= 15 is 0 Å². The molecule has 0 aliphatic carbocycles. The second-order valence-corrected chi connectivity index (χ2v) is 4.95. The number of nitrogens with zero attached hydrogens (tertiary/aromatic N) is 2. The summed E-state index contributed by atoms with van der Waals surface area (Å²) in [5.74, 6) is 1.19. The van der Waals surface area contributed by atoms with Gasteiger partial charge in [-0.25, -0.2) is 4.98 Å². The van der Waals surface area contributed by atoms with Crippen molar-refractivity contribution in [3.8, 4) is 0 Å². The second-order valence-electron chi connectivity index (χ2n) is 4.95. The predicted octanol–water partition coefficient (Wildman–Crippen LogP) is 3.17. The van der Waals surface area contributed by atoms with Gasteiger partial charge in [0, 0.05) is 19.6 Å². The zero-order chi connectivity index (χ0) is 12.4. The summed E-state index contributed by atoms with van der Waals surface area (Å²) in [4.78, 5) is 4.70. The van der Waals surface area contributed by atoms with Gasteiger partial charge in [-0.3, -0.25) is 0 Å². The van der Waals surface area contributed by atoms with Crippen LogP contribution < -0.4 is 0 Å². The first-order valence-electron chi connectivity index (χ1n) is 6.94. The van der Waals surface area contributed by atoms with Crippen molar-refractivity contribution in [1.82, 2.24) is 9.55 Å². The van der Waals surface area contributed by atoms with E-state index in [0.717, 1.165) is 31.5 Å². The number of hydrogen-bond acceptors (Lipinski definition) is 2. The van der Waals surface area contributed by atoms with Crippen LogP contribution in [-0.4, -0.2) is 22.3 Å². The molecule has 0 radical (unpaired) electrons. The fraction of sp³-hybridized carbons (Fsp3) is 0.533. The van der Waals surface area contributed by atoms with Gasteiger partial charge in [0.1, 0.15) is 5.82 Å². The van der Waals surface area contributed by atoms with Gasteiger partial charge in [0.25, 0.3) is 0 Å². The molecule has 1 aliphatic heterocycles. The summed E-state index contributed by atoms with van der Waals surface area (Å²) in [6, 6.07) is 8.40. The lowest BCUT2D eigenvalue weighted by Gasteiger charge is -2.12. The Morgan fingerprint density at radius 3 is 3.06 bits per heavy atom. The third-order valence-electron chi connectivity index (χ3n) is 3.75. The molecule has 0 spiro atoms. The molecule has 0 N–H and O–H groups in total. The Morgan fingerprint density at radius 2 is 2.28 bits per heavy atom. The molecular weight excluding hydrogens is 224 g/mol. The third-order valence-corrected chi connectivity index (χ3v) is 3.75. The summed E-state index contributed by atoms with van der Waals surface area (Å²) in [5.41, 5.74) is 2.37. The van der Waals surface area contributed by atoms with Crippen molar-refractivity contribution in [3.05, 3.63) is 30.1 Å². The maximum atomic E-state index is 5.70. The van der Waals surface area contributed by atoms with Crippen LogP contribution in [0.5, 0.6) is 0 Å². The number of rotatable bonds is 4. The maximum absolute atomic E-state index is 5.70. The van der Waals surface area contributed by atoms with E-state index in [1.54, 1.807) is 0 Å². The summed E-state index contributed by atoms with van der Waals surface area (Å²) in [5, 5.41) is 0. The molecule has 0 bridgehead atoms. The molecule has 2 aromatic rings. The smallest absolute Gasteiger partial charge is 0.109 e. The summed E-state index contributed by atoms with van der Waals surface area (Å²) in [6.07, 6.45) is 4.98. The molecule has 18 heavy (non-hydrogen) atoms. The van der Waals surface area contributed by atoms with E-state index in [1.165, 1.54) is 24.2 Å². The molecule has 3 rings (SSSR count). The van der Waals surface area contributed by atoms with E-state index in [2.05, 4.69) is 35.8 Å². The molecular formula is C15H20N2O. The number of ether oxygens (including phenoxy) is 1. The summed E-state index contributed by atoms with van der Waals surface area (Å²) >= 11 is 0. The van der Waals surface area contributed by atoms with Crippen LogP contribution in [-0.2, 0) is 17.7 Å². The largest absolute Gasteiger partial charge is 0.378 e. The minimum atomic E-state index is 0.455. The van der Waals surface area contributed by atoms with E-state index in [4.69, 9.17) is 9.72 Å². The Labute approximate surface area is 108 Å². The van der Waals surface area contributed by atoms with Crippen LogP contribution in [0.3, 0.4) is 0 Å². The Kier molecular flexibility index (Phi) is 3.33. The third kappa shape index (κ3) is 2.15. The second kappa shape index (κ2) is 5.11. The number of hydrogen-bond donors (Lipinski definition) is 0. The van der Waals surface area contributed by atoms with Crippen LogP contribution in [0.2, 0.25) is 0 Å². The number of imidazole rings is 1. The number of aromatic nitrogens is 2. The van der Waals surface area contributed by atoms with E-state index < -0.39 is 0 Å². The fourth-order valence-electron chi connectivity index (χ4n) is 2.79. The number of fused-ring (bicyclic) bond motifs is 1. The van der Waals surface area contributed by atoms with Gasteiger partial charge < -0.3 is 9.30 Å². The molecule has 2 heterocycles. The highest BCUT2D eigenvalue weighted by Gasteiger charge is 2.16. The lowest BCUT2D eigenvalue weighted by Crippen LogP contribution is -2.11. The van der Waals surface area contributed by atoms with Gasteiger partial charge in [-0.1, -0.05) is 19.1 Å².